The largest absolute Gasteiger partial charge is 0.496 e. The third-order valence-corrected chi connectivity index (χ3v) is 5.35. The van der Waals surface area contributed by atoms with Crippen LogP contribution < -0.4 is 15.0 Å². The Bertz CT molecular complexity index is 1360. The first kappa shape index (κ1) is 21.1. The van der Waals surface area contributed by atoms with E-state index in [9.17, 15) is 9.59 Å². The molecule has 1 heterocycles. The Morgan fingerprint density at radius 3 is 2.25 bits per heavy atom. The van der Waals surface area contributed by atoms with E-state index in [0.29, 0.717) is 28.1 Å². The van der Waals surface area contributed by atoms with E-state index in [1.807, 2.05) is 55.5 Å². The standard InChI is InChI=1S/C27H23NO4/c1-17-12-14-21-20(16-17)25(18-8-5-4-6-9-18)26(27(30)28-21)22(29)15-13-19-23(31-2)10-7-11-24(19)32-3/h4-16H,1-3H3,(H,28,30)/b15-13+. The molecule has 4 aromatic rings. The SMILES string of the molecule is COc1cccc(OC)c1/C=C/C(=O)c1c(-c2ccccc2)c2cc(C)ccc2[nH]c1=O. The number of methoxy groups -OCH3 is 2. The molecule has 4 rings (SSSR count). The third kappa shape index (κ3) is 3.93. The minimum absolute atomic E-state index is 0.0967. The summed E-state index contributed by atoms with van der Waals surface area (Å²) in [6, 6.07) is 20.6. The van der Waals surface area contributed by atoms with Gasteiger partial charge in [0.2, 0.25) is 0 Å². The maximum Gasteiger partial charge on any atom is 0.260 e. The van der Waals surface area contributed by atoms with Gasteiger partial charge < -0.3 is 14.5 Å². The average Bonchev–Trinajstić information content (AvgIpc) is 2.82. The topological polar surface area (TPSA) is 68.4 Å². The Hall–Kier alpha value is -4.12. The summed E-state index contributed by atoms with van der Waals surface area (Å²) < 4.78 is 10.8. The number of fused-ring (bicyclic) bond motifs is 1. The maximum absolute atomic E-state index is 13.4. The highest BCUT2D eigenvalue weighted by Crippen LogP contribution is 2.32. The molecule has 0 fully saturated rings. The molecular formula is C27H23NO4. The van der Waals surface area contributed by atoms with Crippen LogP contribution in [0.4, 0.5) is 0 Å². The number of nitrogens with one attached hydrogen (secondary N) is 1. The Morgan fingerprint density at radius 2 is 1.59 bits per heavy atom. The zero-order chi connectivity index (χ0) is 22.7. The van der Waals surface area contributed by atoms with Gasteiger partial charge in [-0.2, -0.15) is 0 Å². The number of aromatic nitrogens is 1. The van der Waals surface area contributed by atoms with Gasteiger partial charge >= 0.3 is 0 Å². The van der Waals surface area contributed by atoms with Gasteiger partial charge in [0.05, 0.1) is 25.3 Å². The van der Waals surface area contributed by atoms with E-state index in [0.717, 1.165) is 16.5 Å². The number of H-pyrrole nitrogens is 1. The molecule has 32 heavy (non-hydrogen) atoms. The van der Waals surface area contributed by atoms with Crippen molar-refractivity contribution in [3.63, 3.8) is 0 Å². The molecule has 1 aromatic heterocycles. The molecule has 5 heteroatoms. The van der Waals surface area contributed by atoms with Gasteiger partial charge in [0.1, 0.15) is 11.5 Å². The van der Waals surface area contributed by atoms with Crippen molar-refractivity contribution in [2.75, 3.05) is 14.2 Å². The van der Waals surface area contributed by atoms with Crippen LogP contribution in [0.2, 0.25) is 0 Å². The van der Waals surface area contributed by atoms with Crippen molar-refractivity contribution in [2.45, 2.75) is 6.92 Å². The molecule has 0 spiro atoms. The van der Waals surface area contributed by atoms with Crippen molar-refractivity contribution in [3.05, 3.63) is 99.9 Å². The predicted octanol–water partition coefficient (Wildman–Crippen LogP) is 5.42. The van der Waals surface area contributed by atoms with E-state index < -0.39 is 11.3 Å². The van der Waals surface area contributed by atoms with Gasteiger partial charge in [-0.3, -0.25) is 9.59 Å². The number of ether oxygens (including phenoxy) is 2. The molecule has 0 saturated heterocycles. The molecular weight excluding hydrogens is 402 g/mol. The Kier molecular flexibility index (Phi) is 5.90. The van der Waals surface area contributed by atoms with Crippen LogP contribution in [0.15, 0.2) is 77.6 Å². The Balaban J connectivity index is 1.92. The van der Waals surface area contributed by atoms with E-state index in [1.54, 1.807) is 38.5 Å². The van der Waals surface area contributed by atoms with Gasteiger partial charge in [0, 0.05) is 16.5 Å². The number of pyridine rings is 1. The monoisotopic (exact) mass is 425 g/mol. The van der Waals surface area contributed by atoms with Crippen molar-refractivity contribution in [2.24, 2.45) is 0 Å². The van der Waals surface area contributed by atoms with Gasteiger partial charge in [-0.1, -0.05) is 48.0 Å². The predicted molar refractivity (Wildman–Crippen MR) is 128 cm³/mol. The zero-order valence-corrected chi connectivity index (χ0v) is 18.1. The number of carbonyl (C=O) groups excluding carboxylic acids is 1. The van der Waals surface area contributed by atoms with E-state index in [4.69, 9.17) is 9.47 Å². The number of rotatable bonds is 6. The van der Waals surface area contributed by atoms with Gasteiger partial charge in [0.15, 0.2) is 5.78 Å². The molecule has 0 atom stereocenters. The Morgan fingerprint density at radius 1 is 0.906 bits per heavy atom. The van der Waals surface area contributed by atoms with Crippen LogP contribution >= 0.6 is 0 Å². The molecule has 1 N–H and O–H groups in total. The number of aryl methyl sites for hydroxylation is 1. The minimum Gasteiger partial charge on any atom is -0.496 e. The molecule has 0 aliphatic rings. The molecule has 0 amide bonds. The highest BCUT2D eigenvalue weighted by atomic mass is 16.5. The van der Waals surface area contributed by atoms with Gasteiger partial charge in [-0.15, -0.1) is 0 Å². The molecule has 0 bridgehead atoms. The first-order valence-electron chi connectivity index (χ1n) is 10.2. The summed E-state index contributed by atoms with van der Waals surface area (Å²) in [6.45, 7) is 1.98. The lowest BCUT2D eigenvalue weighted by molar-refractivity contribution is 0.104. The number of hydrogen-bond donors (Lipinski definition) is 1. The number of allylic oxidation sites excluding steroid dienone is 1. The first-order chi connectivity index (χ1) is 15.5. The molecule has 3 aromatic carbocycles. The second kappa shape index (κ2) is 8.94. The zero-order valence-electron chi connectivity index (χ0n) is 18.1. The normalized spacial score (nSPS) is 11.1. The second-order valence-electron chi connectivity index (χ2n) is 7.39. The van der Waals surface area contributed by atoms with Gasteiger partial charge in [0.25, 0.3) is 5.56 Å². The molecule has 0 radical (unpaired) electrons. The molecule has 160 valence electrons. The lowest BCUT2D eigenvalue weighted by Gasteiger charge is -2.12. The summed E-state index contributed by atoms with van der Waals surface area (Å²) in [7, 11) is 3.11. The summed E-state index contributed by atoms with van der Waals surface area (Å²) in [4.78, 5) is 29.3. The minimum atomic E-state index is -0.429. The summed E-state index contributed by atoms with van der Waals surface area (Å²) in [5.41, 5.74) is 3.44. The van der Waals surface area contributed by atoms with Gasteiger partial charge in [-0.05, 0) is 48.9 Å². The van der Waals surface area contributed by atoms with Crippen molar-refractivity contribution < 1.29 is 14.3 Å². The van der Waals surface area contributed by atoms with Crippen LogP contribution in [0, 0.1) is 6.92 Å². The van der Waals surface area contributed by atoms with Crippen molar-refractivity contribution in [1.82, 2.24) is 4.98 Å². The number of aromatic amines is 1. The number of hydrogen-bond acceptors (Lipinski definition) is 4. The highest BCUT2D eigenvalue weighted by Gasteiger charge is 2.19. The molecule has 0 aliphatic carbocycles. The summed E-state index contributed by atoms with van der Waals surface area (Å²) >= 11 is 0. The fourth-order valence-electron chi connectivity index (χ4n) is 3.83. The van der Waals surface area contributed by atoms with E-state index >= 15 is 0 Å². The maximum atomic E-state index is 13.4. The quantitative estimate of drug-likeness (QED) is 0.331. The fourth-order valence-corrected chi connectivity index (χ4v) is 3.83. The lowest BCUT2D eigenvalue weighted by Crippen LogP contribution is -2.18. The van der Waals surface area contributed by atoms with E-state index in [2.05, 4.69) is 4.98 Å². The second-order valence-corrected chi connectivity index (χ2v) is 7.39. The number of benzene rings is 3. The summed E-state index contributed by atoms with van der Waals surface area (Å²) in [5.74, 6) is 0.737. The highest BCUT2D eigenvalue weighted by molar-refractivity contribution is 6.15. The van der Waals surface area contributed by atoms with E-state index in [1.165, 1.54) is 6.08 Å². The van der Waals surface area contributed by atoms with Crippen LogP contribution in [0.1, 0.15) is 21.5 Å². The first-order valence-corrected chi connectivity index (χ1v) is 10.2. The van der Waals surface area contributed by atoms with Crippen LogP contribution in [0.25, 0.3) is 28.1 Å². The van der Waals surface area contributed by atoms with Crippen LogP contribution in [-0.2, 0) is 0 Å². The van der Waals surface area contributed by atoms with Crippen LogP contribution in [-0.4, -0.2) is 25.0 Å². The van der Waals surface area contributed by atoms with Crippen LogP contribution in [0.5, 0.6) is 11.5 Å². The fraction of sp³-hybridized carbons (Fsp3) is 0.111. The van der Waals surface area contributed by atoms with Crippen LogP contribution in [0.3, 0.4) is 0 Å². The summed E-state index contributed by atoms with van der Waals surface area (Å²) in [5, 5.41) is 0.822. The Labute approximate surface area is 185 Å². The smallest absolute Gasteiger partial charge is 0.260 e. The molecule has 0 aliphatic heterocycles. The third-order valence-electron chi connectivity index (χ3n) is 5.35. The lowest BCUT2D eigenvalue weighted by atomic mass is 9.93. The van der Waals surface area contributed by atoms with Gasteiger partial charge in [-0.25, -0.2) is 0 Å². The van der Waals surface area contributed by atoms with Crippen molar-refractivity contribution in [1.29, 1.82) is 0 Å². The average molecular weight is 425 g/mol. The van der Waals surface area contributed by atoms with Crippen molar-refractivity contribution >= 4 is 22.8 Å². The number of ketones is 1. The molecule has 0 saturated carbocycles. The summed E-state index contributed by atoms with van der Waals surface area (Å²) in [6.07, 6.45) is 3.01. The molecule has 0 unspecified atom stereocenters. The molecule has 5 nitrogen and oxygen atoms in total. The van der Waals surface area contributed by atoms with E-state index in [-0.39, 0.29) is 5.56 Å². The van der Waals surface area contributed by atoms with Crippen molar-refractivity contribution in [3.8, 4) is 22.6 Å². The number of carbonyl (C=O) groups is 1.